The van der Waals surface area contributed by atoms with Crippen molar-refractivity contribution in [2.24, 2.45) is 0 Å². The summed E-state index contributed by atoms with van der Waals surface area (Å²) < 4.78 is 5.13. The molecule has 0 amide bonds. The fourth-order valence-electron chi connectivity index (χ4n) is 1.98. The Bertz CT molecular complexity index is 378. The Morgan fingerprint density at radius 1 is 1.50 bits per heavy atom. The number of aromatic nitrogens is 1. The summed E-state index contributed by atoms with van der Waals surface area (Å²) in [7, 11) is 1.71. The van der Waals surface area contributed by atoms with Crippen molar-refractivity contribution in [1.82, 2.24) is 10.3 Å². The second-order valence-corrected chi connectivity index (χ2v) is 4.85. The van der Waals surface area contributed by atoms with Gasteiger partial charge < -0.3 is 15.0 Å². The molecule has 0 saturated carbocycles. The Kier molecular flexibility index (Phi) is 7.92. The van der Waals surface area contributed by atoms with E-state index in [-0.39, 0.29) is 0 Å². The molecular weight excluding hydrogens is 250 g/mol. The van der Waals surface area contributed by atoms with E-state index in [2.05, 4.69) is 47.8 Å². The second kappa shape index (κ2) is 9.50. The fraction of sp³-hybridized carbons (Fsp3) is 0.562. The highest BCUT2D eigenvalue weighted by atomic mass is 16.5. The molecule has 1 aromatic rings. The van der Waals surface area contributed by atoms with Crippen LogP contribution in [-0.2, 0) is 4.74 Å². The van der Waals surface area contributed by atoms with Gasteiger partial charge in [0, 0.05) is 32.4 Å². The maximum absolute atomic E-state index is 5.13. The van der Waals surface area contributed by atoms with Gasteiger partial charge in [0.15, 0.2) is 0 Å². The zero-order valence-corrected chi connectivity index (χ0v) is 12.9. The molecule has 1 unspecified atom stereocenters. The molecule has 1 rings (SSSR count). The monoisotopic (exact) mass is 277 g/mol. The third-order valence-electron chi connectivity index (χ3n) is 3.21. The molecule has 0 spiro atoms. The maximum atomic E-state index is 5.13. The number of hydrogen-bond acceptors (Lipinski definition) is 4. The predicted octanol–water partition coefficient (Wildman–Crippen LogP) is 2.78. The van der Waals surface area contributed by atoms with Gasteiger partial charge in [0.05, 0.1) is 6.61 Å². The number of nitrogens with one attached hydrogen (secondary N) is 1. The summed E-state index contributed by atoms with van der Waals surface area (Å²) in [4.78, 5) is 6.72. The van der Waals surface area contributed by atoms with Crippen molar-refractivity contribution < 1.29 is 4.74 Å². The van der Waals surface area contributed by atoms with E-state index in [0.29, 0.717) is 12.6 Å². The van der Waals surface area contributed by atoms with E-state index in [0.717, 1.165) is 31.9 Å². The standard InChI is InChI=1S/C16H27N3O/c1-5-9-17-14(3)15-7-8-16(18-13-15)19(10-6-2)11-12-20-4/h6-8,13-14,17H,2,5,9-12H2,1,3-4H3. The minimum absolute atomic E-state index is 0.336. The third kappa shape index (κ3) is 5.31. The van der Waals surface area contributed by atoms with E-state index in [1.165, 1.54) is 5.56 Å². The summed E-state index contributed by atoms with van der Waals surface area (Å²) in [5.41, 5.74) is 1.22. The third-order valence-corrected chi connectivity index (χ3v) is 3.21. The minimum Gasteiger partial charge on any atom is -0.383 e. The van der Waals surface area contributed by atoms with E-state index in [9.17, 15) is 0 Å². The highest BCUT2D eigenvalue weighted by Crippen LogP contribution is 2.16. The molecule has 1 N–H and O–H groups in total. The highest BCUT2D eigenvalue weighted by Gasteiger charge is 2.08. The van der Waals surface area contributed by atoms with Gasteiger partial charge in [-0.15, -0.1) is 6.58 Å². The van der Waals surface area contributed by atoms with Crippen LogP contribution >= 0.6 is 0 Å². The van der Waals surface area contributed by atoms with Gasteiger partial charge in [0.1, 0.15) is 5.82 Å². The van der Waals surface area contributed by atoms with Gasteiger partial charge in [-0.25, -0.2) is 4.98 Å². The number of ether oxygens (including phenoxy) is 1. The van der Waals surface area contributed by atoms with E-state index < -0.39 is 0 Å². The van der Waals surface area contributed by atoms with Gasteiger partial charge in [-0.2, -0.15) is 0 Å². The van der Waals surface area contributed by atoms with Crippen molar-refractivity contribution in [3.05, 3.63) is 36.5 Å². The lowest BCUT2D eigenvalue weighted by atomic mass is 10.1. The van der Waals surface area contributed by atoms with Crippen molar-refractivity contribution in [2.75, 3.05) is 38.3 Å². The molecule has 112 valence electrons. The van der Waals surface area contributed by atoms with E-state index >= 15 is 0 Å². The van der Waals surface area contributed by atoms with Crippen molar-refractivity contribution in [1.29, 1.82) is 0 Å². The first-order valence-corrected chi connectivity index (χ1v) is 7.27. The largest absolute Gasteiger partial charge is 0.383 e. The zero-order valence-electron chi connectivity index (χ0n) is 12.9. The Balaban J connectivity index is 2.69. The Hall–Kier alpha value is -1.39. The van der Waals surface area contributed by atoms with Crippen LogP contribution < -0.4 is 10.2 Å². The number of rotatable bonds is 10. The molecule has 1 aromatic heterocycles. The Labute approximate surface area is 122 Å². The topological polar surface area (TPSA) is 37.4 Å². The first-order chi connectivity index (χ1) is 9.72. The van der Waals surface area contributed by atoms with Crippen LogP contribution in [0.2, 0.25) is 0 Å². The summed E-state index contributed by atoms with van der Waals surface area (Å²) in [6.45, 7) is 11.4. The molecule has 0 aromatic carbocycles. The van der Waals surface area contributed by atoms with Crippen LogP contribution in [0, 0.1) is 0 Å². The van der Waals surface area contributed by atoms with E-state index in [1.807, 2.05) is 12.3 Å². The molecule has 0 bridgehead atoms. The Morgan fingerprint density at radius 2 is 2.30 bits per heavy atom. The molecule has 0 saturated heterocycles. The van der Waals surface area contributed by atoms with Gasteiger partial charge >= 0.3 is 0 Å². The van der Waals surface area contributed by atoms with E-state index in [4.69, 9.17) is 4.74 Å². The maximum Gasteiger partial charge on any atom is 0.128 e. The Morgan fingerprint density at radius 3 is 2.85 bits per heavy atom. The van der Waals surface area contributed by atoms with Crippen molar-refractivity contribution in [3.63, 3.8) is 0 Å². The second-order valence-electron chi connectivity index (χ2n) is 4.85. The summed E-state index contributed by atoms with van der Waals surface area (Å²) in [6, 6.07) is 4.54. The first kappa shape index (κ1) is 16.7. The van der Waals surface area contributed by atoms with Crippen molar-refractivity contribution in [2.45, 2.75) is 26.3 Å². The molecule has 0 aliphatic heterocycles. The normalized spacial score (nSPS) is 12.2. The number of hydrogen-bond donors (Lipinski definition) is 1. The molecule has 0 aliphatic carbocycles. The van der Waals surface area contributed by atoms with Crippen LogP contribution in [0.3, 0.4) is 0 Å². The summed E-state index contributed by atoms with van der Waals surface area (Å²) in [5.74, 6) is 0.966. The lowest BCUT2D eigenvalue weighted by Crippen LogP contribution is -2.28. The molecule has 20 heavy (non-hydrogen) atoms. The van der Waals surface area contributed by atoms with Gasteiger partial charge in [-0.05, 0) is 31.5 Å². The average molecular weight is 277 g/mol. The van der Waals surface area contributed by atoms with Crippen LogP contribution in [0.25, 0.3) is 0 Å². The summed E-state index contributed by atoms with van der Waals surface area (Å²) in [5, 5.41) is 3.47. The SMILES string of the molecule is C=CCN(CCOC)c1ccc(C(C)NCCC)cn1. The molecule has 4 nitrogen and oxygen atoms in total. The van der Waals surface area contributed by atoms with Crippen LogP contribution in [0.5, 0.6) is 0 Å². The van der Waals surface area contributed by atoms with Crippen LogP contribution in [0.4, 0.5) is 5.82 Å². The number of methoxy groups -OCH3 is 1. The number of pyridine rings is 1. The lowest BCUT2D eigenvalue weighted by molar-refractivity contribution is 0.205. The summed E-state index contributed by atoms with van der Waals surface area (Å²) in [6.07, 6.45) is 4.97. The number of nitrogens with zero attached hydrogens (tertiary/aromatic N) is 2. The van der Waals surface area contributed by atoms with Crippen LogP contribution in [-0.4, -0.2) is 38.3 Å². The highest BCUT2D eigenvalue weighted by molar-refractivity contribution is 5.40. The molecule has 0 aliphatic rings. The van der Waals surface area contributed by atoms with Gasteiger partial charge in [-0.3, -0.25) is 0 Å². The predicted molar refractivity (Wildman–Crippen MR) is 85.2 cm³/mol. The van der Waals surface area contributed by atoms with Crippen molar-refractivity contribution in [3.8, 4) is 0 Å². The molecular formula is C16H27N3O. The summed E-state index contributed by atoms with van der Waals surface area (Å²) >= 11 is 0. The molecule has 1 heterocycles. The zero-order chi connectivity index (χ0) is 14.8. The van der Waals surface area contributed by atoms with E-state index in [1.54, 1.807) is 7.11 Å². The molecule has 0 radical (unpaired) electrons. The average Bonchev–Trinajstić information content (AvgIpc) is 2.49. The minimum atomic E-state index is 0.336. The molecule has 0 fully saturated rings. The van der Waals surface area contributed by atoms with Crippen LogP contribution in [0.1, 0.15) is 31.9 Å². The van der Waals surface area contributed by atoms with Gasteiger partial charge in [0.25, 0.3) is 0 Å². The molecule has 4 heteroatoms. The van der Waals surface area contributed by atoms with Crippen molar-refractivity contribution >= 4 is 5.82 Å². The van der Waals surface area contributed by atoms with Crippen LogP contribution in [0.15, 0.2) is 31.0 Å². The first-order valence-electron chi connectivity index (χ1n) is 7.27. The fourth-order valence-corrected chi connectivity index (χ4v) is 1.98. The van der Waals surface area contributed by atoms with Gasteiger partial charge in [-0.1, -0.05) is 19.1 Å². The quantitative estimate of drug-likeness (QED) is 0.667. The van der Waals surface area contributed by atoms with Gasteiger partial charge in [0.2, 0.25) is 0 Å². The number of anilines is 1. The smallest absolute Gasteiger partial charge is 0.128 e. The lowest BCUT2D eigenvalue weighted by Gasteiger charge is -2.22. The molecule has 1 atom stereocenters.